The lowest BCUT2D eigenvalue weighted by Crippen LogP contribution is -2.49. The van der Waals surface area contributed by atoms with Gasteiger partial charge in [0.25, 0.3) is 5.91 Å². The van der Waals surface area contributed by atoms with Gasteiger partial charge in [-0.05, 0) is 62.1 Å². The SMILES string of the molecule is Nc1ccc(C(=O)N(CCN2CCN(c3ccc(F)c(F)c3)CC2)c2ncnc3c2CCCC3)cc1. The quantitative estimate of drug-likeness (QED) is 0.529. The Morgan fingerprint density at radius 1 is 0.944 bits per heavy atom. The maximum absolute atomic E-state index is 13.7. The number of hydrogen-bond acceptors (Lipinski definition) is 6. The second-order valence-electron chi connectivity index (χ2n) is 9.34. The third-order valence-electron chi connectivity index (χ3n) is 7.04. The number of anilines is 3. The van der Waals surface area contributed by atoms with E-state index in [1.807, 2.05) is 0 Å². The predicted octanol–water partition coefficient (Wildman–Crippen LogP) is 3.68. The van der Waals surface area contributed by atoms with Crippen molar-refractivity contribution in [3.63, 3.8) is 0 Å². The van der Waals surface area contributed by atoms with Crippen molar-refractivity contribution in [3.8, 4) is 0 Å². The van der Waals surface area contributed by atoms with E-state index < -0.39 is 11.6 Å². The van der Waals surface area contributed by atoms with Crippen molar-refractivity contribution in [2.75, 3.05) is 54.8 Å². The Bertz CT molecular complexity index is 1230. The lowest BCUT2D eigenvalue weighted by molar-refractivity contribution is 0.0982. The normalized spacial score (nSPS) is 16.0. The molecule has 0 saturated carbocycles. The fraction of sp³-hybridized carbons (Fsp3) is 0.370. The summed E-state index contributed by atoms with van der Waals surface area (Å²) >= 11 is 0. The van der Waals surface area contributed by atoms with Gasteiger partial charge in [0.1, 0.15) is 12.1 Å². The molecule has 0 atom stereocenters. The molecule has 1 saturated heterocycles. The average Bonchev–Trinajstić information content (AvgIpc) is 2.91. The molecule has 1 aromatic heterocycles. The summed E-state index contributed by atoms with van der Waals surface area (Å²) in [6.07, 6.45) is 5.48. The Kier molecular flexibility index (Phi) is 7.09. The number of nitrogens with two attached hydrogens (primary N) is 1. The van der Waals surface area contributed by atoms with Crippen LogP contribution in [0.25, 0.3) is 0 Å². The van der Waals surface area contributed by atoms with Crippen LogP contribution in [-0.4, -0.2) is 60.0 Å². The summed E-state index contributed by atoms with van der Waals surface area (Å²) in [4.78, 5) is 28.8. The number of fused-ring (bicyclic) bond motifs is 1. The highest BCUT2D eigenvalue weighted by atomic mass is 19.2. The Morgan fingerprint density at radius 2 is 1.69 bits per heavy atom. The maximum atomic E-state index is 13.7. The van der Waals surface area contributed by atoms with Gasteiger partial charge < -0.3 is 10.6 Å². The Labute approximate surface area is 209 Å². The molecule has 5 rings (SSSR count). The number of aromatic nitrogens is 2. The van der Waals surface area contributed by atoms with Gasteiger partial charge >= 0.3 is 0 Å². The monoisotopic (exact) mass is 492 g/mol. The molecule has 1 amide bonds. The second-order valence-corrected chi connectivity index (χ2v) is 9.34. The summed E-state index contributed by atoms with van der Waals surface area (Å²) in [5.74, 6) is -1.08. The van der Waals surface area contributed by atoms with E-state index >= 15 is 0 Å². The van der Waals surface area contributed by atoms with E-state index in [4.69, 9.17) is 5.73 Å². The van der Waals surface area contributed by atoms with E-state index in [2.05, 4.69) is 19.8 Å². The van der Waals surface area contributed by atoms with Crippen molar-refractivity contribution in [1.82, 2.24) is 14.9 Å². The molecule has 36 heavy (non-hydrogen) atoms. The predicted molar refractivity (Wildman–Crippen MR) is 136 cm³/mol. The highest BCUT2D eigenvalue weighted by Gasteiger charge is 2.26. The van der Waals surface area contributed by atoms with Crippen LogP contribution in [0.15, 0.2) is 48.8 Å². The van der Waals surface area contributed by atoms with Crippen LogP contribution >= 0.6 is 0 Å². The highest BCUT2D eigenvalue weighted by Crippen LogP contribution is 2.28. The number of benzene rings is 2. The number of nitrogens with zero attached hydrogens (tertiary/aromatic N) is 5. The first-order chi connectivity index (χ1) is 17.5. The zero-order valence-corrected chi connectivity index (χ0v) is 20.2. The fourth-order valence-corrected chi connectivity index (χ4v) is 4.97. The molecule has 188 valence electrons. The minimum atomic E-state index is -0.838. The summed E-state index contributed by atoms with van der Waals surface area (Å²) in [6.45, 7) is 4.05. The summed E-state index contributed by atoms with van der Waals surface area (Å²) in [6, 6.07) is 11.0. The molecule has 2 aliphatic rings. The van der Waals surface area contributed by atoms with E-state index in [1.54, 1.807) is 41.6 Å². The first kappa shape index (κ1) is 24.1. The molecule has 7 nitrogen and oxygen atoms in total. The van der Waals surface area contributed by atoms with Gasteiger partial charge in [0.05, 0.1) is 0 Å². The van der Waals surface area contributed by atoms with E-state index in [0.29, 0.717) is 48.9 Å². The Balaban J connectivity index is 1.31. The van der Waals surface area contributed by atoms with Crippen molar-refractivity contribution in [1.29, 1.82) is 0 Å². The highest BCUT2D eigenvalue weighted by molar-refractivity contribution is 6.06. The van der Waals surface area contributed by atoms with Crippen molar-refractivity contribution in [3.05, 3.63) is 77.2 Å². The van der Waals surface area contributed by atoms with E-state index in [1.165, 1.54) is 12.1 Å². The number of carbonyl (C=O) groups is 1. The average molecular weight is 493 g/mol. The smallest absolute Gasteiger partial charge is 0.259 e. The van der Waals surface area contributed by atoms with Gasteiger partial charge in [0, 0.05) is 73.5 Å². The van der Waals surface area contributed by atoms with Gasteiger partial charge in [0.15, 0.2) is 11.6 Å². The molecule has 9 heteroatoms. The van der Waals surface area contributed by atoms with Gasteiger partial charge in [0.2, 0.25) is 0 Å². The van der Waals surface area contributed by atoms with Crippen LogP contribution in [0.4, 0.5) is 26.0 Å². The minimum Gasteiger partial charge on any atom is -0.399 e. The number of carbonyl (C=O) groups excluding carboxylic acids is 1. The third-order valence-corrected chi connectivity index (χ3v) is 7.04. The van der Waals surface area contributed by atoms with Crippen molar-refractivity contribution < 1.29 is 13.6 Å². The number of piperazine rings is 1. The van der Waals surface area contributed by atoms with Crippen LogP contribution < -0.4 is 15.5 Å². The van der Waals surface area contributed by atoms with Crippen LogP contribution in [-0.2, 0) is 12.8 Å². The van der Waals surface area contributed by atoms with Crippen LogP contribution in [0.3, 0.4) is 0 Å². The summed E-state index contributed by atoms with van der Waals surface area (Å²) < 4.78 is 27.0. The number of rotatable bonds is 6. The molecule has 0 unspecified atom stereocenters. The zero-order valence-electron chi connectivity index (χ0n) is 20.2. The molecule has 2 aromatic carbocycles. The van der Waals surface area contributed by atoms with Gasteiger partial charge in [-0.2, -0.15) is 0 Å². The molecule has 0 bridgehead atoms. The van der Waals surface area contributed by atoms with Gasteiger partial charge in [-0.1, -0.05) is 0 Å². The van der Waals surface area contributed by atoms with Crippen LogP contribution in [0, 0.1) is 11.6 Å². The largest absolute Gasteiger partial charge is 0.399 e. The van der Waals surface area contributed by atoms with Crippen LogP contribution in [0.5, 0.6) is 0 Å². The number of hydrogen-bond donors (Lipinski definition) is 1. The van der Waals surface area contributed by atoms with E-state index in [9.17, 15) is 13.6 Å². The van der Waals surface area contributed by atoms with Crippen molar-refractivity contribution >= 4 is 23.1 Å². The molecular formula is C27H30F2N6O. The summed E-state index contributed by atoms with van der Waals surface area (Å²) in [5, 5.41) is 0. The van der Waals surface area contributed by atoms with Gasteiger partial charge in [-0.3, -0.25) is 14.6 Å². The molecule has 0 spiro atoms. The molecule has 2 N–H and O–H groups in total. The molecule has 2 heterocycles. The maximum Gasteiger partial charge on any atom is 0.259 e. The number of halogens is 2. The molecule has 3 aromatic rings. The molecule has 1 fully saturated rings. The molecule has 1 aliphatic carbocycles. The number of aryl methyl sites for hydroxylation is 1. The molecule has 0 radical (unpaired) electrons. The lowest BCUT2D eigenvalue weighted by atomic mass is 9.96. The topological polar surface area (TPSA) is 78.6 Å². The fourth-order valence-electron chi connectivity index (χ4n) is 4.97. The molecular weight excluding hydrogens is 462 g/mol. The number of amides is 1. The van der Waals surface area contributed by atoms with Crippen molar-refractivity contribution in [2.24, 2.45) is 0 Å². The summed E-state index contributed by atoms with van der Waals surface area (Å²) in [7, 11) is 0. The standard InChI is InChI=1S/C27H30F2N6O/c28-23-10-9-21(17-24(23)29)34-14-11-33(12-15-34)13-16-35(27(36)19-5-7-20(30)8-6-19)26-22-3-1-2-4-25(22)31-18-32-26/h5-10,17-18H,1-4,11-16,30H2. The second kappa shape index (κ2) is 10.6. The third kappa shape index (κ3) is 5.16. The first-order valence-corrected chi connectivity index (χ1v) is 12.4. The van der Waals surface area contributed by atoms with Crippen LogP contribution in [0.1, 0.15) is 34.5 Å². The number of nitrogen functional groups attached to an aromatic ring is 1. The lowest BCUT2D eigenvalue weighted by Gasteiger charge is -2.37. The summed E-state index contributed by atoms with van der Waals surface area (Å²) in [5.41, 5.74) is 9.78. The van der Waals surface area contributed by atoms with Crippen LogP contribution in [0.2, 0.25) is 0 Å². The first-order valence-electron chi connectivity index (χ1n) is 12.4. The molecule has 1 aliphatic heterocycles. The van der Waals surface area contributed by atoms with E-state index in [0.717, 1.165) is 50.0 Å². The van der Waals surface area contributed by atoms with Gasteiger partial charge in [-0.15, -0.1) is 0 Å². The Morgan fingerprint density at radius 3 is 2.44 bits per heavy atom. The zero-order chi connectivity index (χ0) is 25.1. The van der Waals surface area contributed by atoms with Gasteiger partial charge in [-0.25, -0.2) is 18.7 Å². The minimum absolute atomic E-state index is 0.109. The van der Waals surface area contributed by atoms with E-state index in [-0.39, 0.29) is 5.91 Å². The Hall–Kier alpha value is -3.59. The van der Waals surface area contributed by atoms with Crippen molar-refractivity contribution in [2.45, 2.75) is 25.7 Å².